The summed E-state index contributed by atoms with van der Waals surface area (Å²) in [7, 11) is 1.52. The van der Waals surface area contributed by atoms with Crippen LogP contribution < -0.4 is 14.8 Å². The van der Waals surface area contributed by atoms with Crippen molar-refractivity contribution in [2.75, 3.05) is 7.11 Å². The molecule has 1 amide bonds. The number of rotatable bonds is 7. The third kappa shape index (κ3) is 4.46. The maximum absolute atomic E-state index is 12.7. The van der Waals surface area contributed by atoms with E-state index in [4.69, 9.17) is 21.1 Å². The van der Waals surface area contributed by atoms with Crippen LogP contribution in [0.15, 0.2) is 18.5 Å². The number of carbonyl (C=O) groups excluding carboxylic acids is 1. The van der Waals surface area contributed by atoms with Crippen LogP contribution in [0.3, 0.4) is 0 Å². The Morgan fingerprint density at radius 3 is 2.46 bits per heavy atom. The molecule has 7 nitrogen and oxygen atoms in total. The summed E-state index contributed by atoms with van der Waals surface area (Å²) >= 11 is 6.30. The Labute approximate surface area is 158 Å². The normalized spacial score (nSPS) is 12.3. The van der Waals surface area contributed by atoms with Gasteiger partial charge in [0.25, 0.3) is 5.91 Å². The fourth-order valence-electron chi connectivity index (χ4n) is 2.51. The molecule has 0 spiro atoms. The van der Waals surface area contributed by atoms with Gasteiger partial charge in [-0.2, -0.15) is 0 Å². The number of nitrogens with zero attached hydrogens (tertiary/aromatic N) is 3. The highest BCUT2D eigenvalue weighted by molar-refractivity contribution is 6.34. The van der Waals surface area contributed by atoms with E-state index in [1.807, 2.05) is 39.2 Å². The number of ether oxygens (including phenoxy) is 2. The van der Waals surface area contributed by atoms with E-state index in [2.05, 4.69) is 15.5 Å². The molecule has 1 atom stereocenters. The summed E-state index contributed by atoms with van der Waals surface area (Å²) < 4.78 is 12.9. The van der Waals surface area contributed by atoms with Crippen LogP contribution in [0, 0.1) is 0 Å². The molecule has 2 rings (SSSR count). The number of hydrogen-bond donors (Lipinski definition) is 1. The zero-order valence-electron chi connectivity index (χ0n) is 15.9. The number of nitrogens with one attached hydrogen (secondary N) is 1. The second-order valence-corrected chi connectivity index (χ2v) is 6.94. The molecule has 2 aromatic rings. The molecule has 0 bridgehead atoms. The maximum atomic E-state index is 12.7. The molecule has 1 N–H and O–H groups in total. The van der Waals surface area contributed by atoms with Crippen molar-refractivity contribution in [3.8, 4) is 11.5 Å². The van der Waals surface area contributed by atoms with Crippen molar-refractivity contribution in [3.63, 3.8) is 0 Å². The molecule has 1 aromatic heterocycles. The standard InChI is InChI=1S/C18H25ClN4O3/c1-10(2)23-9-20-22-17(23)12(5)21-18(24)13-7-15(25-6)16(8-14(13)19)26-11(3)4/h7-12H,1-6H3,(H,21,24). The van der Waals surface area contributed by atoms with Crippen molar-refractivity contribution in [1.29, 1.82) is 0 Å². The first-order valence-electron chi connectivity index (χ1n) is 8.49. The van der Waals surface area contributed by atoms with E-state index in [-0.39, 0.29) is 29.1 Å². The zero-order valence-corrected chi connectivity index (χ0v) is 16.7. The molecule has 0 aliphatic heterocycles. The van der Waals surface area contributed by atoms with Gasteiger partial charge in [0.05, 0.1) is 29.8 Å². The molecule has 1 unspecified atom stereocenters. The lowest BCUT2D eigenvalue weighted by Crippen LogP contribution is -2.29. The average molecular weight is 381 g/mol. The van der Waals surface area contributed by atoms with Gasteiger partial charge in [-0.1, -0.05) is 11.6 Å². The Bertz CT molecular complexity index is 774. The summed E-state index contributed by atoms with van der Waals surface area (Å²) in [5.41, 5.74) is 0.307. The molecule has 0 aliphatic carbocycles. The topological polar surface area (TPSA) is 78.3 Å². The Kier molecular flexibility index (Phi) is 6.47. The second-order valence-electron chi connectivity index (χ2n) is 6.53. The van der Waals surface area contributed by atoms with Crippen LogP contribution in [0.1, 0.15) is 62.9 Å². The highest BCUT2D eigenvalue weighted by Gasteiger charge is 2.21. The van der Waals surface area contributed by atoms with Gasteiger partial charge < -0.3 is 19.4 Å². The van der Waals surface area contributed by atoms with Crippen LogP contribution >= 0.6 is 11.6 Å². The number of halogens is 1. The molecule has 26 heavy (non-hydrogen) atoms. The van der Waals surface area contributed by atoms with E-state index in [0.29, 0.717) is 22.9 Å². The van der Waals surface area contributed by atoms with Crippen molar-refractivity contribution in [2.24, 2.45) is 0 Å². The summed E-state index contributed by atoms with van der Waals surface area (Å²) in [5.74, 6) is 1.30. The maximum Gasteiger partial charge on any atom is 0.253 e. The molecule has 1 heterocycles. The predicted octanol–water partition coefficient (Wildman–Crippen LogP) is 3.80. The van der Waals surface area contributed by atoms with E-state index in [0.717, 1.165) is 0 Å². The molecule has 0 fully saturated rings. The molecular formula is C18H25ClN4O3. The first-order valence-corrected chi connectivity index (χ1v) is 8.86. The van der Waals surface area contributed by atoms with Gasteiger partial charge in [0, 0.05) is 12.1 Å². The Hall–Kier alpha value is -2.28. The smallest absolute Gasteiger partial charge is 0.253 e. The summed E-state index contributed by atoms with van der Waals surface area (Å²) in [6.07, 6.45) is 1.61. The van der Waals surface area contributed by atoms with Crippen molar-refractivity contribution in [1.82, 2.24) is 20.1 Å². The van der Waals surface area contributed by atoms with Crippen LogP contribution in [0.5, 0.6) is 11.5 Å². The Morgan fingerprint density at radius 1 is 1.19 bits per heavy atom. The van der Waals surface area contributed by atoms with Crippen LogP contribution in [0.25, 0.3) is 0 Å². The summed E-state index contributed by atoms with van der Waals surface area (Å²) in [5, 5.41) is 11.2. The molecule has 0 radical (unpaired) electrons. The van der Waals surface area contributed by atoms with Gasteiger partial charge in [-0.3, -0.25) is 4.79 Å². The van der Waals surface area contributed by atoms with Gasteiger partial charge in [0.15, 0.2) is 17.3 Å². The van der Waals surface area contributed by atoms with Gasteiger partial charge in [0.1, 0.15) is 6.33 Å². The summed E-state index contributed by atoms with van der Waals surface area (Å²) in [6, 6.07) is 3.03. The molecule has 142 valence electrons. The Balaban J connectivity index is 2.25. The van der Waals surface area contributed by atoms with Crippen molar-refractivity contribution in [3.05, 3.63) is 34.9 Å². The second kappa shape index (κ2) is 8.40. The van der Waals surface area contributed by atoms with Crippen LogP contribution in [-0.2, 0) is 0 Å². The fraction of sp³-hybridized carbons (Fsp3) is 0.500. The third-order valence-corrected chi connectivity index (χ3v) is 4.07. The molecular weight excluding hydrogens is 356 g/mol. The van der Waals surface area contributed by atoms with Gasteiger partial charge in [0.2, 0.25) is 0 Å². The zero-order chi connectivity index (χ0) is 19.4. The molecule has 8 heteroatoms. The minimum atomic E-state index is -0.332. The van der Waals surface area contributed by atoms with Crippen molar-refractivity contribution >= 4 is 17.5 Å². The van der Waals surface area contributed by atoms with E-state index in [1.54, 1.807) is 18.5 Å². The van der Waals surface area contributed by atoms with Gasteiger partial charge in [-0.05, 0) is 40.7 Å². The fourth-order valence-corrected chi connectivity index (χ4v) is 2.75. The summed E-state index contributed by atoms with van der Waals surface area (Å²) in [4.78, 5) is 12.7. The highest BCUT2D eigenvalue weighted by Crippen LogP contribution is 2.34. The van der Waals surface area contributed by atoms with E-state index < -0.39 is 0 Å². The van der Waals surface area contributed by atoms with Gasteiger partial charge >= 0.3 is 0 Å². The number of aromatic nitrogens is 3. The van der Waals surface area contributed by atoms with E-state index >= 15 is 0 Å². The quantitative estimate of drug-likeness (QED) is 0.790. The largest absolute Gasteiger partial charge is 0.493 e. The first-order chi connectivity index (χ1) is 12.2. The highest BCUT2D eigenvalue weighted by atomic mass is 35.5. The summed E-state index contributed by atoms with van der Waals surface area (Å²) in [6.45, 7) is 9.70. The van der Waals surface area contributed by atoms with E-state index in [1.165, 1.54) is 7.11 Å². The van der Waals surface area contributed by atoms with E-state index in [9.17, 15) is 4.79 Å². The van der Waals surface area contributed by atoms with Crippen LogP contribution in [-0.4, -0.2) is 33.9 Å². The van der Waals surface area contributed by atoms with Gasteiger partial charge in [-0.15, -0.1) is 10.2 Å². The number of benzene rings is 1. The van der Waals surface area contributed by atoms with Crippen LogP contribution in [0.4, 0.5) is 0 Å². The van der Waals surface area contributed by atoms with Gasteiger partial charge in [-0.25, -0.2) is 0 Å². The SMILES string of the molecule is COc1cc(C(=O)NC(C)c2nncn2C(C)C)c(Cl)cc1OC(C)C. The average Bonchev–Trinajstić information content (AvgIpc) is 3.04. The number of methoxy groups -OCH3 is 1. The third-order valence-electron chi connectivity index (χ3n) is 3.75. The minimum absolute atomic E-state index is 0.0398. The number of carbonyl (C=O) groups is 1. The lowest BCUT2D eigenvalue weighted by molar-refractivity contribution is 0.0937. The Morgan fingerprint density at radius 2 is 1.88 bits per heavy atom. The lowest BCUT2D eigenvalue weighted by Gasteiger charge is -2.18. The monoisotopic (exact) mass is 380 g/mol. The number of hydrogen-bond acceptors (Lipinski definition) is 5. The van der Waals surface area contributed by atoms with Crippen LogP contribution in [0.2, 0.25) is 5.02 Å². The van der Waals surface area contributed by atoms with Crippen molar-refractivity contribution < 1.29 is 14.3 Å². The molecule has 0 saturated carbocycles. The van der Waals surface area contributed by atoms with Crippen molar-refractivity contribution in [2.45, 2.75) is 52.8 Å². The molecule has 0 saturated heterocycles. The molecule has 0 aliphatic rings. The lowest BCUT2D eigenvalue weighted by atomic mass is 10.1. The number of amides is 1. The predicted molar refractivity (Wildman–Crippen MR) is 100 cm³/mol. The first kappa shape index (κ1) is 20.0. The molecule has 1 aromatic carbocycles. The minimum Gasteiger partial charge on any atom is -0.493 e.